The minimum Gasteiger partial charge on any atom is -0.462 e. The molecular weight excluding hydrogens is 120 g/mol. The lowest BCUT2D eigenvalue weighted by Crippen LogP contribution is -2.02. The van der Waals surface area contributed by atoms with Crippen molar-refractivity contribution in [2.45, 2.75) is 0 Å². The molecule has 0 amide bonds. The topological polar surface area (TPSA) is 82.2 Å². The van der Waals surface area contributed by atoms with E-state index >= 15 is 0 Å². The Kier molecular flexibility index (Phi) is 4.39. The highest BCUT2D eigenvalue weighted by atomic mass is 16.3. The van der Waals surface area contributed by atoms with Crippen LogP contribution in [0, 0.1) is 0 Å². The van der Waals surface area contributed by atoms with E-state index in [1.54, 1.807) is 12.1 Å². The summed E-state index contributed by atoms with van der Waals surface area (Å²) in [7, 11) is 0. The van der Waals surface area contributed by atoms with Crippen molar-refractivity contribution in [3.8, 4) is 0 Å². The van der Waals surface area contributed by atoms with E-state index in [1.165, 1.54) is 6.26 Å². The number of carbonyl (C=O) groups is 1. The Morgan fingerprint density at radius 1 is 1.56 bits per heavy atom. The lowest BCUT2D eigenvalue weighted by Gasteiger charge is -1.68. The fourth-order valence-corrected chi connectivity index (χ4v) is 0.358. The molecule has 0 aliphatic carbocycles. The summed E-state index contributed by atoms with van der Waals surface area (Å²) in [6.07, 6.45) is 2.13. The molecule has 9 heavy (non-hydrogen) atoms. The van der Waals surface area contributed by atoms with Gasteiger partial charge in [-0.1, -0.05) is 0 Å². The zero-order valence-corrected chi connectivity index (χ0v) is 4.78. The SMILES string of the molecule is NN.O=Cc1ccco1. The van der Waals surface area contributed by atoms with Crippen molar-refractivity contribution in [3.05, 3.63) is 24.2 Å². The van der Waals surface area contributed by atoms with Gasteiger partial charge in [-0.15, -0.1) is 0 Å². The molecule has 4 heteroatoms. The molecule has 0 unspecified atom stereocenters. The van der Waals surface area contributed by atoms with E-state index in [1.807, 2.05) is 0 Å². The molecule has 0 spiro atoms. The summed E-state index contributed by atoms with van der Waals surface area (Å²) in [6.45, 7) is 0. The van der Waals surface area contributed by atoms with Gasteiger partial charge in [-0.2, -0.15) is 0 Å². The molecule has 0 atom stereocenters. The minimum absolute atomic E-state index is 0.375. The summed E-state index contributed by atoms with van der Waals surface area (Å²) in [4.78, 5) is 9.77. The van der Waals surface area contributed by atoms with Crippen LogP contribution >= 0.6 is 0 Å². The van der Waals surface area contributed by atoms with Crippen LogP contribution in [0.25, 0.3) is 0 Å². The fraction of sp³-hybridized carbons (Fsp3) is 0. The third-order valence-electron chi connectivity index (χ3n) is 0.659. The number of aldehydes is 1. The molecule has 0 aliphatic heterocycles. The normalized spacial score (nSPS) is 7.33. The first-order valence-corrected chi connectivity index (χ1v) is 2.25. The van der Waals surface area contributed by atoms with Crippen LogP contribution in [0.2, 0.25) is 0 Å². The van der Waals surface area contributed by atoms with Gasteiger partial charge in [0.1, 0.15) is 0 Å². The summed E-state index contributed by atoms with van der Waals surface area (Å²) >= 11 is 0. The molecule has 4 nitrogen and oxygen atoms in total. The Bertz CT molecular complexity index is 148. The first kappa shape index (κ1) is 7.87. The maximum atomic E-state index is 9.77. The van der Waals surface area contributed by atoms with E-state index < -0.39 is 0 Å². The summed E-state index contributed by atoms with van der Waals surface area (Å²) < 4.78 is 4.61. The number of hydrogen-bond acceptors (Lipinski definition) is 4. The van der Waals surface area contributed by atoms with E-state index in [9.17, 15) is 4.79 Å². The van der Waals surface area contributed by atoms with Crippen molar-refractivity contribution < 1.29 is 9.21 Å². The lowest BCUT2D eigenvalue weighted by molar-refractivity contribution is 0.110. The Morgan fingerprint density at radius 3 is 2.44 bits per heavy atom. The predicted molar refractivity (Wildman–Crippen MR) is 32.5 cm³/mol. The third kappa shape index (κ3) is 2.63. The molecular formula is C5H8N2O2. The number of furan rings is 1. The van der Waals surface area contributed by atoms with Crippen LogP contribution in [-0.4, -0.2) is 6.29 Å². The van der Waals surface area contributed by atoms with E-state index in [0.29, 0.717) is 12.0 Å². The van der Waals surface area contributed by atoms with Crippen LogP contribution in [0.3, 0.4) is 0 Å². The van der Waals surface area contributed by atoms with E-state index in [0.717, 1.165) is 0 Å². The van der Waals surface area contributed by atoms with Gasteiger partial charge in [0.2, 0.25) is 0 Å². The second kappa shape index (κ2) is 5.02. The van der Waals surface area contributed by atoms with Gasteiger partial charge in [0.05, 0.1) is 6.26 Å². The second-order valence-electron chi connectivity index (χ2n) is 1.13. The molecule has 0 aromatic carbocycles. The van der Waals surface area contributed by atoms with E-state index in [4.69, 9.17) is 0 Å². The van der Waals surface area contributed by atoms with Crippen molar-refractivity contribution in [1.82, 2.24) is 0 Å². The molecule has 1 aromatic heterocycles. The Hall–Kier alpha value is -1.13. The van der Waals surface area contributed by atoms with Crippen LogP contribution in [0.5, 0.6) is 0 Å². The summed E-state index contributed by atoms with van der Waals surface area (Å²) in [6, 6.07) is 3.27. The Labute approximate surface area is 52.4 Å². The maximum Gasteiger partial charge on any atom is 0.185 e. The van der Waals surface area contributed by atoms with Gasteiger partial charge in [-0.25, -0.2) is 0 Å². The number of nitrogens with two attached hydrogens (primary N) is 2. The van der Waals surface area contributed by atoms with E-state index in [2.05, 4.69) is 16.1 Å². The fourth-order valence-electron chi connectivity index (χ4n) is 0.358. The van der Waals surface area contributed by atoms with Crippen molar-refractivity contribution in [1.29, 1.82) is 0 Å². The van der Waals surface area contributed by atoms with Crippen molar-refractivity contribution >= 4 is 6.29 Å². The van der Waals surface area contributed by atoms with Gasteiger partial charge < -0.3 is 4.42 Å². The summed E-state index contributed by atoms with van der Waals surface area (Å²) in [5, 5.41) is 0. The van der Waals surface area contributed by atoms with Crippen LogP contribution in [0.1, 0.15) is 10.6 Å². The highest BCUT2D eigenvalue weighted by Crippen LogP contribution is 1.92. The second-order valence-corrected chi connectivity index (χ2v) is 1.13. The summed E-state index contributed by atoms with van der Waals surface area (Å²) in [5.74, 6) is 8.38. The number of hydrogen-bond donors (Lipinski definition) is 2. The van der Waals surface area contributed by atoms with Gasteiger partial charge in [-0.3, -0.25) is 16.5 Å². The smallest absolute Gasteiger partial charge is 0.185 e. The van der Waals surface area contributed by atoms with Crippen LogP contribution in [0.15, 0.2) is 22.8 Å². The monoisotopic (exact) mass is 128 g/mol. The molecule has 1 heterocycles. The van der Waals surface area contributed by atoms with Gasteiger partial charge in [-0.05, 0) is 12.1 Å². The number of carbonyl (C=O) groups excluding carboxylic acids is 1. The lowest BCUT2D eigenvalue weighted by atomic mass is 10.5. The highest BCUT2D eigenvalue weighted by molar-refractivity contribution is 5.69. The van der Waals surface area contributed by atoms with Crippen LogP contribution < -0.4 is 11.7 Å². The third-order valence-corrected chi connectivity index (χ3v) is 0.659. The minimum atomic E-state index is 0.375. The number of rotatable bonds is 1. The average Bonchev–Trinajstić information content (AvgIpc) is 2.43. The van der Waals surface area contributed by atoms with Crippen molar-refractivity contribution in [2.24, 2.45) is 11.7 Å². The predicted octanol–water partition coefficient (Wildman–Crippen LogP) is -0.0891. The van der Waals surface area contributed by atoms with Crippen molar-refractivity contribution in [3.63, 3.8) is 0 Å². The molecule has 0 saturated carbocycles. The number of hydrazine groups is 1. The zero-order chi connectivity index (χ0) is 7.11. The zero-order valence-electron chi connectivity index (χ0n) is 4.78. The first-order valence-electron chi connectivity index (χ1n) is 2.25. The molecule has 4 N–H and O–H groups in total. The van der Waals surface area contributed by atoms with Gasteiger partial charge in [0.25, 0.3) is 0 Å². The van der Waals surface area contributed by atoms with Crippen LogP contribution in [-0.2, 0) is 0 Å². The maximum absolute atomic E-state index is 9.77. The molecule has 0 bridgehead atoms. The molecule has 0 saturated heterocycles. The molecule has 50 valence electrons. The first-order chi connectivity index (χ1) is 4.43. The van der Waals surface area contributed by atoms with Gasteiger partial charge >= 0.3 is 0 Å². The average molecular weight is 128 g/mol. The van der Waals surface area contributed by atoms with Gasteiger partial charge in [0, 0.05) is 0 Å². The Balaban J connectivity index is 0.000000291. The summed E-state index contributed by atoms with van der Waals surface area (Å²) in [5.41, 5.74) is 0. The van der Waals surface area contributed by atoms with E-state index in [-0.39, 0.29) is 0 Å². The molecule has 0 radical (unpaired) electrons. The Morgan fingerprint density at radius 2 is 2.22 bits per heavy atom. The van der Waals surface area contributed by atoms with Crippen LogP contribution in [0.4, 0.5) is 0 Å². The molecule has 1 aromatic rings. The highest BCUT2D eigenvalue weighted by Gasteiger charge is 1.84. The quantitative estimate of drug-likeness (QED) is 0.314. The molecule has 1 rings (SSSR count). The largest absolute Gasteiger partial charge is 0.462 e. The van der Waals surface area contributed by atoms with Crippen molar-refractivity contribution in [2.75, 3.05) is 0 Å². The molecule has 0 aliphatic rings. The van der Waals surface area contributed by atoms with Gasteiger partial charge in [0.15, 0.2) is 12.0 Å². The standard InChI is InChI=1S/C5H4O2.H4N2/c6-4-5-2-1-3-7-5;1-2/h1-4H;1-2H2. The molecule has 0 fully saturated rings.